The molecule has 0 aromatic carbocycles. The molecule has 0 amide bonds. The summed E-state index contributed by atoms with van der Waals surface area (Å²) >= 11 is 4.54. The van der Waals surface area contributed by atoms with Gasteiger partial charge in [0.25, 0.3) is 0 Å². The average Bonchev–Trinajstić information content (AvgIpc) is 1.97. The minimum absolute atomic E-state index is 0.0652. The van der Waals surface area contributed by atoms with Crippen molar-refractivity contribution in [1.82, 2.24) is 0 Å². The second-order valence-corrected chi connectivity index (χ2v) is 4.46. The maximum absolute atomic E-state index is 4.96. The molecule has 0 N–H and O–H groups in total. The minimum atomic E-state index is 0.0652. The van der Waals surface area contributed by atoms with E-state index in [4.69, 9.17) is 19.6 Å². The van der Waals surface area contributed by atoms with Crippen LogP contribution in [0.15, 0.2) is 0 Å². The van der Waals surface area contributed by atoms with Gasteiger partial charge in [0, 0.05) is 8.86 Å². The highest BCUT2D eigenvalue weighted by atomic mass is 127. The zero-order valence-corrected chi connectivity index (χ0v) is 10.4. The number of hydrogen-bond acceptors (Lipinski definition) is 4. The van der Waals surface area contributed by atoms with E-state index in [1.165, 1.54) is 0 Å². The smallest absolute Gasteiger partial charge is 0.155 e. The number of alkyl halides is 2. The van der Waals surface area contributed by atoms with Gasteiger partial charge in [-0.1, -0.05) is 45.2 Å². The molecule has 6 heteroatoms. The SMILES string of the molecule is IC[C@@H]1OO[C@@H]1[C@@H]1OO[C@@H]1CI. The Balaban J connectivity index is 1.84. The fourth-order valence-electron chi connectivity index (χ4n) is 1.16. The Morgan fingerprint density at radius 1 is 0.750 bits per heavy atom. The third kappa shape index (κ3) is 1.61. The Morgan fingerprint density at radius 2 is 1.17 bits per heavy atom. The molecule has 0 unspecified atom stereocenters. The lowest BCUT2D eigenvalue weighted by Crippen LogP contribution is -2.61. The van der Waals surface area contributed by atoms with Crippen LogP contribution in [0, 0.1) is 0 Å². The lowest BCUT2D eigenvalue weighted by Gasteiger charge is -2.44. The molecule has 0 saturated carbocycles. The first kappa shape index (κ1) is 9.84. The largest absolute Gasteiger partial charge is 0.229 e. The second kappa shape index (κ2) is 4.22. The Labute approximate surface area is 97.4 Å². The van der Waals surface area contributed by atoms with Crippen LogP contribution in [0.25, 0.3) is 0 Å². The van der Waals surface area contributed by atoms with Gasteiger partial charge < -0.3 is 0 Å². The van der Waals surface area contributed by atoms with E-state index >= 15 is 0 Å². The zero-order valence-electron chi connectivity index (χ0n) is 6.11. The predicted molar refractivity (Wildman–Crippen MR) is 57.3 cm³/mol. The molecule has 2 fully saturated rings. The summed E-state index contributed by atoms with van der Waals surface area (Å²) in [5, 5.41) is 0. The van der Waals surface area contributed by atoms with Crippen LogP contribution in [0.5, 0.6) is 0 Å². The summed E-state index contributed by atoms with van der Waals surface area (Å²) in [6.07, 6.45) is 0.473. The lowest BCUT2D eigenvalue weighted by molar-refractivity contribution is -0.545. The maximum Gasteiger partial charge on any atom is 0.155 e. The van der Waals surface area contributed by atoms with Crippen LogP contribution < -0.4 is 0 Å². The monoisotopic (exact) mass is 398 g/mol. The molecule has 4 atom stereocenters. The van der Waals surface area contributed by atoms with E-state index in [1.54, 1.807) is 0 Å². The van der Waals surface area contributed by atoms with Crippen molar-refractivity contribution in [2.75, 3.05) is 8.86 Å². The number of rotatable bonds is 3. The van der Waals surface area contributed by atoms with Gasteiger partial charge in [0.15, 0.2) is 12.2 Å². The third-order valence-electron chi connectivity index (χ3n) is 1.94. The van der Waals surface area contributed by atoms with Crippen LogP contribution in [0.4, 0.5) is 0 Å². The summed E-state index contributed by atoms with van der Waals surface area (Å²) in [4.78, 5) is 19.7. The summed E-state index contributed by atoms with van der Waals surface area (Å²) < 4.78 is 1.85. The van der Waals surface area contributed by atoms with Gasteiger partial charge >= 0.3 is 0 Å². The van der Waals surface area contributed by atoms with Gasteiger partial charge in [-0.2, -0.15) is 0 Å². The summed E-state index contributed by atoms with van der Waals surface area (Å²) in [5.41, 5.74) is 0. The molecule has 2 aliphatic heterocycles. The van der Waals surface area contributed by atoms with Crippen LogP contribution in [0.3, 0.4) is 0 Å². The van der Waals surface area contributed by atoms with E-state index in [1.807, 2.05) is 0 Å². The Hall–Kier alpha value is 1.30. The third-order valence-corrected chi connectivity index (χ3v) is 3.68. The first-order chi connectivity index (χ1) is 5.86. The molecule has 0 bridgehead atoms. The summed E-state index contributed by atoms with van der Waals surface area (Å²) in [6, 6.07) is 0. The highest BCUT2D eigenvalue weighted by Crippen LogP contribution is 2.32. The molecule has 0 aliphatic carbocycles. The van der Waals surface area contributed by atoms with Crippen molar-refractivity contribution in [1.29, 1.82) is 0 Å². The maximum atomic E-state index is 4.96. The second-order valence-electron chi connectivity index (χ2n) is 2.70. The minimum Gasteiger partial charge on any atom is -0.229 e. The van der Waals surface area contributed by atoms with Crippen molar-refractivity contribution < 1.29 is 19.6 Å². The lowest BCUT2D eigenvalue weighted by atomic mass is 10.0. The van der Waals surface area contributed by atoms with Crippen molar-refractivity contribution in [3.05, 3.63) is 0 Å². The van der Waals surface area contributed by atoms with Crippen LogP contribution in [-0.2, 0) is 19.6 Å². The van der Waals surface area contributed by atoms with Gasteiger partial charge in [0.2, 0.25) is 0 Å². The molecule has 0 aromatic heterocycles. The van der Waals surface area contributed by atoms with Gasteiger partial charge in [-0.3, -0.25) is 0 Å². The molecule has 0 radical (unpaired) electrons. The van der Waals surface area contributed by atoms with E-state index in [2.05, 4.69) is 45.2 Å². The Morgan fingerprint density at radius 3 is 1.33 bits per heavy atom. The molecule has 12 heavy (non-hydrogen) atoms. The van der Waals surface area contributed by atoms with E-state index in [0.717, 1.165) is 8.86 Å². The molecule has 0 aromatic rings. The van der Waals surface area contributed by atoms with Crippen molar-refractivity contribution in [3.63, 3.8) is 0 Å². The summed E-state index contributed by atoms with van der Waals surface area (Å²) in [7, 11) is 0. The number of hydrogen-bond donors (Lipinski definition) is 0. The molecular weight excluding hydrogens is 390 g/mol. The van der Waals surface area contributed by atoms with E-state index in [-0.39, 0.29) is 24.4 Å². The van der Waals surface area contributed by atoms with Crippen LogP contribution in [-0.4, -0.2) is 33.3 Å². The fourth-order valence-corrected chi connectivity index (χ4v) is 2.45. The highest BCUT2D eigenvalue weighted by molar-refractivity contribution is 14.1. The van der Waals surface area contributed by atoms with Gasteiger partial charge in [-0.15, -0.1) is 0 Å². The Kier molecular flexibility index (Phi) is 3.46. The first-order valence-electron chi connectivity index (χ1n) is 3.63. The van der Waals surface area contributed by atoms with E-state index in [9.17, 15) is 0 Å². The predicted octanol–water partition coefficient (Wildman–Crippen LogP) is 1.25. The van der Waals surface area contributed by atoms with Crippen molar-refractivity contribution >= 4 is 45.2 Å². The molecule has 2 rings (SSSR count). The molecule has 2 heterocycles. The zero-order chi connectivity index (χ0) is 8.55. The molecule has 0 spiro atoms. The van der Waals surface area contributed by atoms with E-state index in [0.29, 0.717) is 0 Å². The van der Waals surface area contributed by atoms with Crippen LogP contribution in [0.1, 0.15) is 0 Å². The van der Waals surface area contributed by atoms with Crippen LogP contribution in [0.2, 0.25) is 0 Å². The fraction of sp³-hybridized carbons (Fsp3) is 1.00. The van der Waals surface area contributed by atoms with Gasteiger partial charge in [0.05, 0.1) is 0 Å². The van der Waals surface area contributed by atoms with Crippen molar-refractivity contribution in [2.24, 2.45) is 0 Å². The highest BCUT2D eigenvalue weighted by Gasteiger charge is 2.50. The topological polar surface area (TPSA) is 36.9 Å². The van der Waals surface area contributed by atoms with Crippen LogP contribution >= 0.6 is 45.2 Å². The van der Waals surface area contributed by atoms with Gasteiger partial charge in [0.1, 0.15) is 12.2 Å². The first-order valence-corrected chi connectivity index (χ1v) is 6.68. The van der Waals surface area contributed by atoms with Crippen molar-refractivity contribution in [3.8, 4) is 0 Å². The van der Waals surface area contributed by atoms with Gasteiger partial charge in [-0.05, 0) is 0 Å². The Bertz CT molecular complexity index is 146. The molecule has 2 saturated heterocycles. The molecule has 2 aliphatic rings. The normalized spacial score (nSPS) is 46.5. The summed E-state index contributed by atoms with van der Waals surface area (Å²) in [6.45, 7) is 0. The summed E-state index contributed by atoms with van der Waals surface area (Å²) in [5.74, 6) is 0. The average molecular weight is 398 g/mol. The van der Waals surface area contributed by atoms with Gasteiger partial charge in [-0.25, -0.2) is 19.6 Å². The quantitative estimate of drug-likeness (QED) is 0.408. The standard InChI is InChI=1S/C6H8I2O4/c7-1-3-5(11-9-3)6-4(2-8)10-12-6/h3-6H,1-2H2/t3-,4+,5-,6+. The van der Waals surface area contributed by atoms with Crippen molar-refractivity contribution in [2.45, 2.75) is 24.4 Å². The molecule has 70 valence electrons. The molecular formula is C6H8I2O4. The number of halogens is 2. The van der Waals surface area contributed by atoms with E-state index < -0.39 is 0 Å². The molecule has 4 nitrogen and oxygen atoms in total.